The molecule has 0 bridgehead atoms. The number of hydrogen-bond donors (Lipinski definition) is 1. The lowest BCUT2D eigenvalue weighted by Gasteiger charge is -2.47. The molecule has 84 valence electrons. The van der Waals surface area contributed by atoms with E-state index in [1.807, 2.05) is 13.8 Å². The van der Waals surface area contributed by atoms with Crippen LogP contribution < -0.4 is 0 Å². The van der Waals surface area contributed by atoms with Crippen LogP contribution in [0.1, 0.15) is 39.5 Å². The summed E-state index contributed by atoms with van der Waals surface area (Å²) in [5.74, 6) is 0. The van der Waals surface area contributed by atoms with Crippen molar-refractivity contribution in [3.8, 4) is 0 Å². The molecular weight excluding hydrogens is 186 g/mol. The van der Waals surface area contributed by atoms with Gasteiger partial charge in [0.05, 0.1) is 11.1 Å². The summed E-state index contributed by atoms with van der Waals surface area (Å²) in [5.41, 5.74) is 1.14. The molecule has 0 aromatic heterocycles. The molecule has 1 N–H and O–H groups in total. The third-order valence-corrected chi connectivity index (χ3v) is 5.06. The number of fused-ring (bicyclic) bond motifs is 2. The first kappa shape index (κ1) is 9.86. The molecule has 0 aromatic rings. The van der Waals surface area contributed by atoms with Crippen molar-refractivity contribution in [1.29, 1.82) is 0 Å². The van der Waals surface area contributed by atoms with Crippen molar-refractivity contribution in [3.63, 3.8) is 0 Å². The largest absolute Gasteiger partial charge is 0.389 e. The topological polar surface area (TPSA) is 23.5 Å². The highest BCUT2D eigenvalue weighted by molar-refractivity contribution is 5.32. The lowest BCUT2D eigenvalue weighted by molar-refractivity contribution is -0.0828. The molecule has 1 saturated carbocycles. The van der Waals surface area contributed by atoms with Crippen molar-refractivity contribution in [1.82, 2.24) is 4.90 Å². The van der Waals surface area contributed by atoms with Crippen LogP contribution in [0, 0.1) is 5.41 Å². The predicted molar refractivity (Wildman–Crippen MR) is 60.6 cm³/mol. The van der Waals surface area contributed by atoms with Gasteiger partial charge in [0.1, 0.15) is 0 Å². The fourth-order valence-electron chi connectivity index (χ4n) is 4.35. The van der Waals surface area contributed by atoms with Gasteiger partial charge in [-0.1, -0.05) is 12.2 Å². The maximum atomic E-state index is 10.6. The Morgan fingerprint density at radius 3 is 2.53 bits per heavy atom. The molecule has 0 amide bonds. The predicted octanol–water partition coefficient (Wildman–Crippen LogP) is 1.94. The zero-order valence-electron chi connectivity index (χ0n) is 9.84. The first-order valence-corrected chi connectivity index (χ1v) is 6.05. The third-order valence-electron chi connectivity index (χ3n) is 5.06. The highest BCUT2D eigenvalue weighted by atomic mass is 16.3. The van der Waals surface area contributed by atoms with E-state index in [1.54, 1.807) is 0 Å². The molecule has 1 aliphatic carbocycles. The highest BCUT2D eigenvalue weighted by Crippen LogP contribution is 2.69. The molecule has 2 nitrogen and oxygen atoms in total. The number of hydrogen-bond acceptors (Lipinski definition) is 2. The molecule has 2 saturated heterocycles. The van der Waals surface area contributed by atoms with E-state index in [2.05, 4.69) is 11.5 Å². The quantitative estimate of drug-likeness (QED) is 0.664. The molecule has 2 heterocycles. The van der Waals surface area contributed by atoms with Gasteiger partial charge in [-0.25, -0.2) is 0 Å². The molecular formula is C13H21NO. The maximum Gasteiger partial charge on any atom is 0.0783 e. The van der Waals surface area contributed by atoms with Crippen LogP contribution in [-0.2, 0) is 0 Å². The summed E-state index contributed by atoms with van der Waals surface area (Å²) in [7, 11) is 0. The Balaban J connectivity index is 2.10. The van der Waals surface area contributed by atoms with E-state index in [0.717, 1.165) is 19.5 Å². The molecule has 1 atom stereocenters. The molecule has 1 spiro atoms. The van der Waals surface area contributed by atoms with Crippen LogP contribution in [0.5, 0.6) is 0 Å². The normalized spacial score (nSPS) is 38.7. The van der Waals surface area contributed by atoms with E-state index in [0.29, 0.717) is 5.41 Å². The van der Waals surface area contributed by atoms with Crippen molar-refractivity contribution >= 4 is 0 Å². The van der Waals surface area contributed by atoms with Gasteiger partial charge in [0.2, 0.25) is 0 Å². The second-order valence-corrected chi connectivity index (χ2v) is 6.30. The Labute approximate surface area is 92.0 Å². The van der Waals surface area contributed by atoms with Gasteiger partial charge in [-0.05, 0) is 51.5 Å². The van der Waals surface area contributed by atoms with Crippen LogP contribution in [0.4, 0.5) is 0 Å². The zero-order valence-corrected chi connectivity index (χ0v) is 9.84. The minimum Gasteiger partial charge on any atom is -0.389 e. The van der Waals surface area contributed by atoms with Crippen molar-refractivity contribution in [3.05, 3.63) is 12.2 Å². The van der Waals surface area contributed by atoms with Gasteiger partial charge in [-0.2, -0.15) is 0 Å². The summed E-state index contributed by atoms with van der Waals surface area (Å²) < 4.78 is 0. The summed E-state index contributed by atoms with van der Waals surface area (Å²) in [6.45, 7) is 10.3. The Morgan fingerprint density at radius 1 is 1.33 bits per heavy atom. The number of rotatable bonds is 1. The smallest absolute Gasteiger partial charge is 0.0783 e. The standard InChI is InChI=1S/C13H21NO/c1-10-8-13(11(2,3)15)12(4-5-12)6-7-14(13)9-10/h15H,1,4-9H2,2-3H3/t13-/m0/s1. The summed E-state index contributed by atoms with van der Waals surface area (Å²) >= 11 is 0. The Morgan fingerprint density at radius 2 is 2.00 bits per heavy atom. The molecule has 3 fully saturated rings. The van der Waals surface area contributed by atoms with Crippen LogP contribution >= 0.6 is 0 Å². The third kappa shape index (κ3) is 0.974. The molecule has 0 unspecified atom stereocenters. The second kappa shape index (κ2) is 2.49. The molecule has 0 aromatic carbocycles. The van der Waals surface area contributed by atoms with Crippen molar-refractivity contribution < 1.29 is 5.11 Å². The van der Waals surface area contributed by atoms with Crippen molar-refractivity contribution in [2.75, 3.05) is 13.1 Å². The van der Waals surface area contributed by atoms with E-state index in [4.69, 9.17) is 0 Å². The minimum atomic E-state index is -0.598. The lowest BCUT2D eigenvalue weighted by atomic mass is 9.69. The fourth-order valence-corrected chi connectivity index (χ4v) is 4.35. The molecule has 3 aliphatic rings. The van der Waals surface area contributed by atoms with Gasteiger partial charge < -0.3 is 5.11 Å². The van der Waals surface area contributed by atoms with Crippen LogP contribution in [0.2, 0.25) is 0 Å². The van der Waals surface area contributed by atoms with E-state index in [-0.39, 0.29) is 5.54 Å². The number of nitrogens with zero attached hydrogens (tertiary/aromatic N) is 1. The van der Waals surface area contributed by atoms with Gasteiger partial charge in [0.25, 0.3) is 0 Å². The summed E-state index contributed by atoms with van der Waals surface area (Å²) in [6, 6.07) is 0. The minimum absolute atomic E-state index is 0.0110. The van der Waals surface area contributed by atoms with Crippen molar-refractivity contribution in [2.45, 2.75) is 50.7 Å². The van der Waals surface area contributed by atoms with Gasteiger partial charge in [-0.15, -0.1) is 0 Å². The Bertz CT molecular complexity index is 324. The maximum absolute atomic E-state index is 10.6. The summed E-state index contributed by atoms with van der Waals surface area (Å²) in [4.78, 5) is 2.50. The van der Waals surface area contributed by atoms with Gasteiger partial charge >= 0.3 is 0 Å². The van der Waals surface area contributed by atoms with Gasteiger partial charge in [0.15, 0.2) is 0 Å². The van der Waals surface area contributed by atoms with Crippen LogP contribution in [0.3, 0.4) is 0 Å². The van der Waals surface area contributed by atoms with E-state index >= 15 is 0 Å². The SMILES string of the molecule is C=C1CN2CCC3(CC3)[C@@]2(C(C)(C)O)C1. The van der Waals surface area contributed by atoms with E-state index in [1.165, 1.54) is 24.8 Å². The first-order chi connectivity index (χ1) is 6.91. The second-order valence-electron chi connectivity index (χ2n) is 6.30. The first-order valence-electron chi connectivity index (χ1n) is 6.05. The zero-order chi connectivity index (χ0) is 10.9. The van der Waals surface area contributed by atoms with Crippen molar-refractivity contribution in [2.24, 2.45) is 5.41 Å². The molecule has 3 rings (SSSR count). The van der Waals surface area contributed by atoms with Crippen LogP contribution in [-0.4, -0.2) is 34.2 Å². The molecule has 2 heteroatoms. The Kier molecular flexibility index (Phi) is 1.64. The van der Waals surface area contributed by atoms with Gasteiger partial charge in [0, 0.05) is 6.54 Å². The molecule has 15 heavy (non-hydrogen) atoms. The average Bonchev–Trinajstić information content (AvgIpc) is 2.71. The highest BCUT2D eigenvalue weighted by Gasteiger charge is 2.71. The van der Waals surface area contributed by atoms with Crippen LogP contribution in [0.25, 0.3) is 0 Å². The van der Waals surface area contributed by atoms with Gasteiger partial charge in [-0.3, -0.25) is 4.90 Å². The molecule has 2 aliphatic heterocycles. The summed E-state index contributed by atoms with van der Waals surface area (Å²) in [5, 5.41) is 10.6. The molecule has 0 radical (unpaired) electrons. The average molecular weight is 207 g/mol. The Hall–Kier alpha value is -0.340. The number of aliphatic hydroxyl groups is 1. The van der Waals surface area contributed by atoms with E-state index < -0.39 is 5.60 Å². The monoisotopic (exact) mass is 207 g/mol. The lowest BCUT2D eigenvalue weighted by Crippen LogP contribution is -2.59. The van der Waals surface area contributed by atoms with Crippen LogP contribution in [0.15, 0.2) is 12.2 Å². The summed E-state index contributed by atoms with van der Waals surface area (Å²) in [6.07, 6.45) is 4.91. The van der Waals surface area contributed by atoms with E-state index in [9.17, 15) is 5.11 Å². The fraction of sp³-hybridized carbons (Fsp3) is 0.846.